The summed E-state index contributed by atoms with van der Waals surface area (Å²) in [5.74, 6) is -0.280. The number of carbonyl (C=O) groups is 1. The van der Waals surface area contributed by atoms with Crippen LogP contribution in [-0.2, 0) is 5.66 Å². The van der Waals surface area contributed by atoms with Crippen LogP contribution < -0.4 is 4.74 Å². The van der Waals surface area contributed by atoms with Gasteiger partial charge in [-0.25, -0.2) is 14.8 Å². The quantitative estimate of drug-likeness (QED) is 0.250. The second-order valence-electron chi connectivity index (χ2n) is 8.97. The predicted octanol–water partition coefficient (Wildman–Crippen LogP) is 6.78. The predicted molar refractivity (Wildman–Crippen MR) is 147 cm³/mol. The molecule has 0 unspecified atom stereocenters. The van der Waals surface area contributed by atoms with Crippen LogP contribution in [0, 0.1) is 0 Å². The van der Waals surface area contributed by atoms with Gasteiger partial charge >= 0.3 is 5.97 Å². The lowest BCUT2D eigenvalue weighted by Crippen LogP contribution is -2.19. The summed E-state index contributed by atoms with van der Waals surface area (Å²) >= 11 is 0. The lowest BCUT2D eigenvalue weighted by Gasteiger charge is -2.24. The maximum atomic E-state index is 11.0. The fourth-order valence-electron chi connectivity index (χ4n) is 4.54. The topological polar surface area (TPSA) is 71.2 Å². The molecule has 1 aliphatic heterocycles. The molecule has 0 amide bonds. The summed E-state index contributed by atoms with van der Waals surface area (Å²) in [6, 6.07) is 37.3. The molecule has 5 heteroatoms. The molecule has 37 heavy (non-hydrogen) atoms. The number of carboxylic acid groups (broad SMARTS) is 1. The smallest absolute Gasteiger partial charge is 0.335 e. The van der Waals surface area contributed by atoms with Gasteiger partial charge in [0.2, 0.25) is 0 Å². The van der Waals surface area contributed by atoms with Crippen molar-refractivity contribution < 1.29 is 14.6 Å². The monoisotopic (exact) mass is 488 g/mol. The first-order valence-corrected chi connectivity index (χ1v) is 12.5. The summed E-state index contributed by atoms with van der Waals surface area (Å²) < 4.78 is 5.86. The highest BCUT2D eigenvalue weighted by molar-refractivity contribution is 6.54. The van der Waals surface area contributed by atoms with E-state index in [1.165, 1.54) is 0 Å². The molecule has 0 atom stereocenters. The number of carboxylic acids is 1. The Morgan fingerprint density at radius 3 is 1.70 bits per heavy atom. The van der Waals surface area contributed by atoms with Crippen molar-refractivity contribution in [3.05, 3.63) is 138 Å². The minimum Gasteiger partial charge on any atom is -0.494 e. The van der Waals surface area contributed by atoms with Gasteiger partial charge in [0.1, 0.15) is 5.75 Å². The third kappa shape index (κ3) is 5.51. The maximum Gasteiger partial charge on any atom is 0.335 e. The lowest BCUT2D eigenvalue weighted by atomic mass is 9.95. The number of hydrogen-bond acceptors (Lipinski definition) is 4. The number of rotatable bonds is 10. The molecular formula is C32H28N2O3. The fraction of sp³-hybridized carbons (Fsp3) is 0.156. The van der Waals surface area contributed by atoms with Gasteiger partial charge in [-0.1, -0.05) is 91.0 Å². The summed E-state index contributed by atoms with van der Waals surface area (Å²) in [5, 5.41) is 9.06. The van der Waals surface area contributed by atoms with Gasteiger partial charge in [0, 0.05) is 16.7 Å². The van der Waals surface area contributed by atoms with E-state index in [9.17, 15) is 4.79 Å². The molecule has 0 spiro atoms. The van der Waals surface area contributed by atoms with Crippen molar-refractivity contribution >= 4 is 17.4 Å². The number of aromatic carboxylic acids is 1. The Labute approximate surface area is 216 Å². The molecule has 4 aromatic rings. The summed E-state index contributed by atoms with van der Waals surface area (Å²) in [5.41, 5.74) is 4.53. The van der Waals surface area contributed by atoms with Gasteiger partial charge in [0.15, 0.2) is 5.66 Å². The zero-order valence-corrected chi connectivity index (χ0v) is 20.5. The van der Waals surface area contributed by atoms with Crippen LogP contribution in [0.15, 0.2) is 125 Å². The molecule has 1 heterocycles. The van der Waals surface area contributed by atoms with Gasteiger partial charge in [-0.3, -0.25) is 0 Å². The van der Waals surface area contributed by atoms with Crippen LogP contribution in [0.3, 0.4) is 0 Å². The van der Waals surface area contributed by atoms with Gasteiger partial charge in [0.05, 0.1) is 23.6 Å². The van der Waals surface area contributed by atoms with E-state index in [2.05, 4.69) is 36.4 Å². The Morgan fingerprint density at radius 2 is 1.19 bits per heavy atom. The molecule has 1 aliphatic rings. The molecule has 5 rings (SSSR count). The van der Waals surface area contributed by atoms with Crippen molar-refractivity contribution in [2.45, 2.75) is 24.9 Å². The standard InChI is InChI=1S/C32H28N2O3/c35-31(36)26-18-20-28(21-19-26)37-23-11-10-22-32(27-16-8-3-9-17-27)33-29(24-12-4-1-5-13-24)30(34-32)25-14-6-2-7-15-25/h1-9,12-21H,10-11,22-23H2,(H,35,36). The van der Waals surface area contributed by atoms with Crippen LogP contribution in [0.1, 0.15) is 46.3 Å². The van der Waals surface area contributed by atoms with Gasteiger partial charge in [-0.05, 0) is 43.5 Å². The minimum absolute atomic E-state index is 0.248. The zero-order valence-electron chi connectivity index (χ0n) is 20.5. The Morgan fingerprint density at radius 1 is 0.676 bits per heavy atom. The molecule has 5 nitrogen and oxygen atoms in total. The number of ether oxygens (including phenoxy) is 1. The van der Waals surface area contributed by atoms with Gasteiger partial charge in [0.25, 0.3) is 0 Å². The Balaban J connectivity index is 1.38. The van der Waals surface area contributed by atoms with Crippen LogP contribution in [0.4, 0.5) is 0 Å². The van der Waals surface area contributed by atoms with Crippen LogP contribution in [0.5, 0.6) is 5.75 Å². The molecule has 184 valence electrons. The normalized spacial score (nSPS) is 14.1. The second-order valence-corrected chi connectivity index (χ2v) is 8.97. The van der Waals surface area contributed by atoms with Crippen molar-refractivity contribution in [1.82, 2.24) is 0 Å². The van der Waals surface area contributed by atoms with Crippen LogP contribution in [0.25, 0.3) is 0 Å². The molecular weight excluding hydrogens is 460 g/mol. The molecule has 0 bridgehead atoms. The molecule has 1 N–H and O–H groups in total. The summed E-state index contributed by atoms with van der Waals surface area (Å²) in [4.78, 5) is 21.7. The average Bonchev–Trinajstić information content (AvgIpc) is 3.36. The number of benzene rings is 4. The third-order valence-electron chi connectivity index (χ3n) is 6.44. The van der Waals surface area contributed by atoms with Crippen molar-refractivity contribution in [1.29, 1.82) is 0 Å². The Bertz CT molecular complexity index is 1340. The average molecular weight is 489 g/mol. The maximum absolute atomic E-state index is 11.0. The molecule has 0 saturated heterocycles. The van der Waals surface area contributed by atoms with E-state index in [1.54, 1.807) is 24.3 Å². The van der Waals surface area contributed by atoms with E-state index >= 15 is 0 Å². The van der Waals surface area contributed by atoms with Crippen molar-refractivity contribution in [2.75, 3.05) is 6.61 Å². The van der Waals surface area contributed by atoms with E-state index in [-0.39, 0.29) is 5.56 Å². The van der Waals surface area contributed by atoms with Gasteiger partial charge < -0.3 is 9.84 Å². The Kier molecular flexibility index (Phi) is 7.22. The van der Waals surface area contributed by atoms with Crippen LogP contribution in [0.2, 0.25) is 0 Å². The zero-order chi connectivity index (χ0) is 25.5. The highest BCUT2D eigenvalue weighted by Crippen LogP contribution is 2.39. The molecule has 0 radical (unpaired) electrons. The fourth-order valence-corrected chi connectivity index (χ4v) is 4.54. The molecule has 0 fully saturated rings. The van der Waals surface area contributed by atoms with Crippen molar-refractivity contribution in [3.63, 3.8) is 0 Å². The summed E-state index contributed by atoms with van der Waals surface area (Å²) in [6.45, 7) is 0.530. The second kappa shape index (κ2) is 11.0. The first-order valence-electron chi connectivity index (χ1n) is 12.5. The van der Waals surface area contributed by atoms with E-state index < -0.39 is 11.6 Å². The minimum atomic E-state index is -0.944. The number of hydrogen-bond donors (Lipinski definition) is 1. The first-order chi connectivity index (χ1) is 18.1. The van der Waals surface area contributed by atoms with E-state index in [1.807, 2.05) is 54.6 Å². The van der Waals surface area contributed by atoms with Crippen molar-refractivity contribution in [2.24, 2.45) is 9.98 Å². The van der Waals surface area contributed by atoms with E-state index in [0.717, 1.165) is 47.4 Å². The molecule has 0 aliphatic carbocycles. The van der Waals surface area contributed by atoms with Gasteiger partial charge in [-0.15, -0.1) is 0 Å². The molecule has 4 aromatic carbocycles. The number of unbranched alkanes of at least 4 members (excludes halogenated alkanes) is 1. The van der Waals surface area contributed by atoms with Crippen molar-refractivity contribution in [3.8, 4) is 5.75 Å². The molecule has 0 saturated carbocycles. The summed E-state index contributed by atoms with van der Waals surface area (Å²) in [6.07, 6.45) is 2.42. The van der Waals surface area contributed by atoms with E-state index in [4.69, 9.17) is 19.8 Å². The number of aliphatic imine (C=N–C) groups is 2. The van der Waals surface area contributed by atoms with E-state index in [0.29, 0.717) is 12.4 Å². The number of nitrogens with zero attached hydrogens (tertiary/aromatic N) is 2. The van der Waals surface area contributed by atoms with Gasteiger partial charge in [-0.2, -0.15) is 0 Å². The molecule has 0 aromatic heterocycles. The third-order valence-corrected chi connectivity index (χ3v) is 6.44. The highest BCUT2D eigenvalue weighted by atomic mass is 16.5. The van der Waals surface area contributed by atoms with Crippen LogP contribution in [-0.4, -0.2) is 29.1 Å². The van der Waals surface area contributed by atoms with Crippen LogP contribution >= 0.6 is 0 Å². The SMILES string of the molecule is O=C(O)c1ccc(OCCCCC2(c3ccccc3)N=C(c3ccccc3)C(c3ccccc3)=N2)cc1. The summed E-state index contributed by atoms with van der Waals surface area (Å²) in [7, 11) is 0. The lowest BCUT2D eigenvalue weighted by molar-refractivity contribution is 0.0697. The first kappa shape index (κ1) is 24.2. The largest absolute Gasteiger partial charge is 0.494 e. The Hall–Kier alpha value is -4.51. The highest BCUT2D eigenvalue weighted by Gasteiger charge is 2.38.